The van der Waals surface area contributed by atoms with E-state index in [0.29, 0.717) is 0 Å². The van der Waals surface area contributed by atoms with Crippen molar-refractivity contribution in [1.29, 1.82) is 0 Å². The van der Waals surface area contributed by atoms with E-state index in [4.69, 9.17) is 4.74 Å². The minimum absolute atomic E-state index is 0.0742. The van der Waals surface area contributed by atoms with E-state index in [1.54, 1.807) is 12.1 Å². The quantitative estimate of drug-likeness (QED) is 0.776. The van der Waals surface area contributed by atoms with Crippen LogP contribution in [0.1, 0.15) is 31.4 Å². The van der Waals surface area contributed by atoms with E-state index in [1.807, 2.05) is 20.8 Å². The third-order valence-corrected chi connectivity index (χ3v) is 3.31. The van der Waals surface area contributed by atoms with Gasteiger partial charge in [0.2, 0.25) is 5.82 Å². The van der Waals surface area contributed by atoms with Crippen LogP contribution in [0.2, 0.25) is 0 Å². The van der Waals surface area contributed by atoms with Gasteiger partial charge in [0.05, 0.1) is 6.04 Å². The maximum absolute atomic E-state index is 13.6. The summed E-state index contributed by atoms with van der Waals surface area (Å²) in [4.78, 5) is 25.4. The van der Waals surface area contributed by atoms with E-state index in [2.05, 4.69) is 20.5 Å². The summed E-state index contributed by atoms with van der Waals surface area (Å²) >= 11 is 0. The number of benzene rings is 1. The van der Waals surface area contributed by atoms with E-state index in [-0.39, 0.29) is 23.6 Å². The lowest BCUT2D eigenvalue weighted by Gasteiger charge is -2.31. The molecule has 0 aliphatic carbocycles. The number of aromatic amines is 2. The Kier molecular flexibility index (Phi) is 4.83. The second kappa shape index (κ2) is 6.64. The molecule has 2 aromatic rings. The minimum Gasteiger partial charge on any atom is -0.488 e. The summed E-state index contributed by atoms with van der Waals surface area (Å²) in [7, 11) is 0. The molecule has 0 unspecified atom stereocenters. The Bertz CT molecular complexity index is 733. The SMILES string of the molecule is CC(C)(C)[C@@H](COc1ccccc1F)NC(=O)c1n[nH]c(=O)[nH]1. The molecule has 2 rings (SSSR count). The van der Waals surface area contributed by atoms with Crippen LogP contribution in [0.4, 0.5) is 4.39 Å². The van der Waals surface area contributed by atoms with Crippen molar-refractivity contribution in [3.05, 3.63) is 46.4 Å². The van der Waals surface area contributed by atoms with Crippen molar-refractivity contribution < 1.29 is 13.9 Å². The zero-order valence-electron chi connectivity index (χ0n) is 13.1. The van der Waals surface area contributed by atoms with Gasteiger partial charge in [0.15, 0.2) is 11.6 Å². The summed E-state index contributed by atoms with van der Waals surface area (Å²) in [5.41, 5.74) is -0.914. The maximum Gasteiger partial charge on any atom is 0.341 e. The number of para-hydroxylation sites is 1. The van der Waals surface area contributed by atoms with E-state index in [9.17, 15) is 14.0 Å². The number of carbonyl (C=O) groups is 1. The van der Waals surface area contributed by atoms with Crippen LogP contribution < -0.4 is 15.7 Å². The third-order valence-electron chi connectivity index (χ3n) is 3.31. The second-order valence-corrected chi connectivity index (χ2v) is 6.16. The zero-order chi connectivity index (χ0) is 17.0. The normalized spacial score (nSPS) is 12.7. The molecule has 23 heavy (non-hydrogen) atoms. The molecule has 1 amide bonds. The highest BCUT2D eigenvalue weighted by Gasteiger charge is 2.28. The molecule has 8 heteroatoms. The summed E-state index contributed by atoms with van der Waals surface area (Å²) in [6.07, 6.45) is 0. The Hall–Kier alpha value is -2.64. The van der Waals surface area contributed by atoms with Gasteiger partial charge in [-0.25, -0.2) is 14.3 Å². The molecule has 1 heterocycles. The summed E-state index contributed by atoms with van der Waals surface area (Å²) < 4.78 is 19.1. The van der Waals surface area contributed by atoms with Gasteiger partial charge in [0, 0.05) is 0 Å². The average Bonchev–Trinajstić information content (AvgIpc) is 2.90. The number of carbonyl (C=O) groups excluding carboxylic acids is 1. The number of aromatic nitrogens is 3. The van der Waals surface area contributed by atoms with Crippen molar-refractivity contribution in [2.24, 2.45) is 5.41 Å². The lowest BCUT2D eigenvalue weighted by molar-refractivity contribution is 0.0850. The fourth-order valence-corrected chi connectivity index (χ4v) is 1.85. The lowest BCUT2D eigenvalue weighted by atomic mass is 9.87. The summed E-state index contributed by atoms with van der Waals surface area (Å²) in [5, 5.41) is 8.44. The summed E-state index contributed by atoms with van der Waals surface area (Å²) in [5.74, 6) is -1.01. The van der Waals surface area contributed by atoms with E-state index < -0.39 is 23.5 Å². The first-order chi connectivity index (χ1) is 10.8. The number of halogens is 1. The van der Waals surface area contributed by atoms with E-state index in [0.717, 1.165) is 0 Å². The number of hydrogen-bond donors (Lipinski definition) is 3. The Morgan fingerprint density at radius 2 is 2.09 bits per heavy atom. The maximum atomic E-state index is 13.6. The van der Waals surface area contributed by atoms with Gasteiger partial charge in [-0.05, 0) is 17.5 Å². The van der Waals surface area contributed by atoms with Crippen molar-refractivity contribution in [1.82, 2.24) is 20.5 Å². The van der Waals surface area contributed by atoms with Gasteiger partial charge in [-0.1, -0.05) is 32.9 Å². The molecule has 0 fully saturated rings. The van der Waals surface area contributed by atoms with Crippen molar-refractivity contribution in [3.8, 4) is 5.75 Å². The monoisotopic (exact) mass is 322 g/mol. The van der Waals surface area contributed by atoms with Crippen LogP contribution in [0, 0.1) is 11.2 Å². The fraction of sp³-hybridized carbons (Fsp3) is 0.400. The standard InChI is InChI=1S/C15H19FN4O3/c1-15(2,3)11(8-23-10-7-5-4-6-9(10)16)17-13(21)12-18-14(22)20-19-12/h4-7,11H,8H2,1-3H3,(H,17,21)(H2,18,19,20,22)/t11-/m1/s1. The molecule has 1 atom stereocenters. The average molecular weight is 322 g/mol. The molecule has 0 radical (unpaired) electrons. The summed E-state index contributed by atoms with van der Waals surface area (Å²) in [6, 6.07) is 5.63. The second-order valence-electron chi connectivity index (χ2n) is 6.16. The molecule has 0 bridgehead atoms. The van der Waals surface area contributed by atoms with Crippen molar-refractivity contribution >= 4 is 5.91 Å². The van der Waals surface area contributed by atoms with Crippen molar-refractivity contribution in [2.75, 3.05) is 6.61 Å². The van der Waals surface area contributed by atoms with Gasteiger partial charge in [-0.2, -0.15) is 0 Å². The smallest absolute Gasteiger partial charge is 0.341 e. The highest BCUT2D eigenvalue weighted by Crippen LogP contribution is 2.22. The number of ether oxygens (including phenoxy) is 1. The Labute approximate surface area is 132 Å². The lowest BCUT2D eigenvalue weighted by Crippen LogP contribution is -2.47. The van der Waals surface area contributed by atoms with Crippen LogP contribution >= 0.6 is 0 Å². The molecule has 0 aliphatic rings. The first kappa shape index (κ1) is 16.7. The van der Waals surface area contributed by atoms with Gasteiger partial charge >= 0.3 is 5.69 Å². The fourth-order valence-electron chi connectivity index (χ4n) is 1.85. The van der Waals surface area contributed by atoms with Gasteiger partial charge in [-0.15, -0.1) is 5.10 Å². The molecule has 0 aliphatic heterocycles. The first-order valence-electron chi connectivity index (χ1n) is 7.10. The highest BCUT2D eigenvalue weighted by molar-refractivity contribution is 5.90. The van der Waals surface area contributed by atoms with Crippen LogP contribution in [0.15, 0.2) is 29.1 Å². The number of rotatable bonds is 5. The molecule has 7 nitrogen and oxygen atoms in total. The predicted octanol–water partition coefficient (Wildman–Crippen LogP) is 1.46. The zero-order valence-corrected chi connectivity index (χ0v) is 13.1. The number of amides is 1. The van der Waals surface area contributed by atoms with Crippen molar-refractivity contribution in [3.63, 3.8) is 0 Å². The van der Waals surface area contributed by atoms with Crippen LogP contribution in [0.5, 0.6) is 5.75 Å². The van der Waals surface area contributed by atoms with E-state index in [1.165, 1.54) is 12.1 Å². The van der Waals surface area contributed by atoms with Crippen LogP contribution in [-0.2, 0) is 0 Å². The molecule has 0 saturated carbocycles. The molecular formula is C15H19FN4O3. The molecule has 1 aromatic heterocycles. The number of nitrogens with one attached hydrogen (secondary N) is 3. The minimum atomic E-state index is -0.565. The largest absolute Gasteiger partial charge is 0.488 e. The Balaban J connectivity index is 2.07. The van der Waals surface area contributed by atoms with Crippen LogP contribution in [0.3, 0.4) is 0 Å². The number of H-pyrrole nitrogens is 2. The Morgan fingerprint density at radius 1 is 1.39 bits per heavy atom. The van der Waals surface area contributed by atoms with Crippen LogP contribution in [0.25, 0.3) is 0 Å². The predicted molar refractivity (Wildman–Crippen MR) is 81.8 cm³/mol. The molecule has 1 aromatic carbocycles. The molecule has 0 saturated heterocycles. The first-order valence-corrected chi connectivity index (χ1v) is 7.10. The van der Waals surface area contributed by atoms with Gasteiger partial charge in [-0.3, -0.25) is 9.78 Å². The van der Waals surface area contributed by atoms with Gasteiger partial charge < -0.3 is 10.1 Å². The number of nitrogens with zero attached hydrogens (tertiary/aromatic N) is 1. The molecule has 0 spiro atoms. The molecular weight excluding hydrogens is 303 g/mol. The number of hydrogen-bond acceptors (Lipinski definition) is 4. The summed E-state index contributed by atoms with van der Waals surface area (Å²) in [6.45, 7) is 5.81. The molecule has 124 valence electrons. The highest BCUT2D eigenvalue weighted by atomic mass is 19.1. The van der Waals surface area contributed by atoms with E-state index >= 15 is 0 Å². The third kappa shape index (κ3) is 4.41. The Morgan fingerprint density at radius 3 is 2.65 bits per heavy atom. The van der Waals surface area contributed by atoms with Crippen LogP contribution in [-0.4, -0.2) is 33.7 Å². The van der Waals surface area contributed by atoms with Gasteiger partial charge in [0.1, 0.15) is 6.61 Å². The van der Waals surface area contributed by atoms with Gasteiger partial charge in [0.25, 0.3) is 5.91 Å². The molecule has 3 N–H and O–H groups in total. The van der Waals surface area contributed by atoms with Crippen molar-refractivity contribution in [2.45, 2.75) is 26.8 Å². The topological polar surface area (TPSA) is 99.9 Å².